The zero-order valence-corrected chi connectivity index (χ0v) is 57.9. The minimum atomic E-state index is -1.57. The first-order chi connectivity index (χ1) is 46.5. The van der Waals surface area contributed by atoms with Crippen LogP contribution in [0.3, 0.4) is 0 Å². The Kier molecular flexibility index (Phi) is 17.4. The Morgan fingerprint density at radius 2 is 0.622 bits per heavy atom. The van der Waals surface area contributed by atoms with E-state index in [4.69, 9.17) is 47.4 Å². The zero-order valence-electron chi connectivity index (χ0n) is 57.9. The molecular weight excluding hydrogens is 1240 g/mol. The van der Waals surface area contributed by atoms with Gasteiger partial charge in [-0.05, 0) is 131 Å². The lowest BCUT2D eigenvalue weighted by atomic mass is 9.80. The van der Waals surface area contributed by atoms with Crippen LogP contribution >= 0.6 is 0 Å². The maximum Gasteiger partial charge on any atom is 0.331 e. The average molecular weight is 1330 g/mol. The largest absolute Gasteiger partial charge is 0.461 e. The minimum Gasteiger partial charge on any atom is -0.461 e. The second kappa shape index (κ2) is 25.4. The second-order valence-corrected chi connectivity index (χ2v) is 29.7. The van der Waals surface area contributed by atoms with Gasteiger partial charge in [0.15, 0.2) is 12.1 Å². The third-order valence-corrected chi connectivity index (χ3v) is 18.5. The van der Waals surface area contributed by atoms with Gasteiger partial charge in [-0.15, -0.1) is 0 Å². The van der Waals surface area contributed by atoms with Crippen molar-refractivity contribution < 1.29 is 76.1 Å². The van der Waals surface area contributed by atoms with Crippen molar-refractivity contribution in [1.29, 1.82) is 0 Å². The third kappa shape index (κ3) is 12.8. The summed E-state index contributed by atoms with van der Waals surface area (Å²) in [7, 11) is 0. The summed E-state index contributed by atoms with van der Waals surface area (Å²) in [5.74, 6) is -3.50. The van der Waals surface area contributed by atoms with Crippen LogP contribution in [-0.2, 0) is 59.7 Å². The Morgan fingerprint density at radius 3 is 0.827 bits per heavy atom. The minimum absolute atomic E-state index is 0.0298. The predicted octanol–water partition coefficient (Wildman–Crippen LogP) is 16.0. The maximum atomic E-state index is 16.1. The summed E-state index contributed by atoms with van der Waals surface area (Å²) in [6, 6.07) is 33.4. The van der Waals surface area contributed by atoms with E-state index in [0.717, 1.165) is 32.1 Å². The first-order valence-electron chi connectivity index (χ1n) is 33.5. The molecule has 0 spiro atoms. The van der Waals surface area contributed by atoms with Crippen LogP contribution in [-0.4, -0.2) is 123 Å². The van der Waals surface area contributed by atoms with Crippen LogP contribution in [0.2, 0.25) is 0 Å². The van der Waals surface area contributed by atoms with Crippen LogP contribution < -0.4 is 18.9 Å². The lowest BCUT2D eigenvalue weighted by Crippen LogP contribution is -2.53. The van der Waals surface area contributed by atoms with Gasteiger partial charge in [-0.3, -0.25) is 29.0 Å². The highest BCUT2D eigenvalue weighted by Gasteiger charge is 2.48. The molecule has 13 rings (SSSR count). The van der Waals surface area contributed by atoms with Gasteiger partial charge >= 0.3 is 11.9 Å². The Morgan fingerprint density at radius 1 is 0.388 bits per heavy atom. The SMILES string of the molecule is CCOCC(C(=O)OCC1CO1)N1C(=O)c2cc(Oc3ccc(C(C)(C)C)cc3)c3c4c(Oc5ccc(C(C)(C)C)cc5)cc5c6c(cc(Oc7ccc(C(C)(C)C)cc7)c(c7c(Oc8ccc(C(C)(C)C)cc8)cc(c2c37)C1=O)c64)C(=O)N(C(COCC)C(=O)OCC1CO1)C5=O. The fourth-order valence-electron chi connectivity index (χ4n) is 12.9. The molecule has 4 amide bonds. The monoisotopic (exact) mass is 1330 g/mol. The summed E-state index contributed by atoms with van der Waals surface area (Å²) in [4.78, 5) is 95.4. The van der Waals surface area contributed by atoms with Crippen molar-refractivity contribution in [3.63, 3.8) is 0 Å². The number of rotatable bonds is 22. The number of hydrogen-bond donors (Lipinski definition) is 0. The number of fused-ring (bicyclic) bond motifs is 2. The Balaban J connectivity index is 1.20. The smallest absolute Gasteiger partial charge is 0.331 e. The highest BCUT2D eigenvalue weighted by atomic mass is 16.6. The topological polar surface area (TPSA) is 208 Å². The quantitative estimate of drug-likeness (QED) is 0.0203. The number of hydrogen-bond acceptors (Lipinski definition) is 16. The molecule has 9 aromatic rings. The molecule has 9 aromatic carbocycles. The van der Waals surface area contributed by atoms with Crippen LogP contribution in [0.5, 0.6) is 46.0 Å². The summed E-state index contributed by atoms with van der Waals surface area (Å²) in [6.07, 6.45) is -0.673. The van der Waals surface area contributed by atoms with Crippen molar-refractivity contribution in [2.45, 2.75) is 143 Å². The van der Waals surface area contributed by atoms with E-state index in [9.17, 15) is 9.59 Å². The molecule has 4 heterocycles. The summed E-state index contributed by atoms with van der Waals surface area (Å²) < 4.78 is 63.2. The molecule has 4 aliphatic rings. The number of ether oxygens (including phenoxy) is 10. The fraction of sp³-hybridized carbons (Fsp3) is 0.375. The third-order valence-electron chi connectivity index (χ3n) is 18.5. The van der Waals surface area contributed by atoms with Gasteiger partial charge in [-0.25, -0.2) is 9.59 Å². The lowest BCUT2D eigenvalue weighted by Gasteiger charge is -2.35. The Bertz CT molecular complexity index is 4110. The molecule has 0 aromatic heterocycles. The number of carbonyl (C=O) groups is 6. The van der Waals surface area contributed by atoms with E-state index in [0.29, 0.717) is 36.2 Å². The highest BCUT2D eigenvalue weighted by Crippen LogP contribution is 2.58. The highest BCUT2D eigenvalue weighted by molar-refractivity contribution is 6.45. The summed E-state index contributed by atoms with van der Waals surface area (Å²) in [5.41, 5.74) is 2.87. The number of esters is 2. The number of imide groups is 2. The molecule has 2 fully saturated rings. The van der Waals surface area contributed by atoms with Gasteiger partial charge in [0, 0.05) is 56.3 Å². The molecule has 0 saturated carbocycles. The van der Waals surface area contributed by atoms with Crippen LogP contribution in [0.4, 0.5) is 0 Å². The molecule has 2 saturated heterocycles. The average Bonchev–Trinajstić information content (AvgIpc) is 0.717. The maximum absolute atomic E-state index is 16.1. The molecule has 4 atom stereocenters. The number of nitrogens with zero attached hydrogens (tertiary/aromatic N) is 2. The molecule has 18 heteroatoms. The second-order valence-electron chi connectivity index (χ2n) is 29.7. The van der Waals surface area contributed by atoms with Gasteiger partial charge in [0.05, 0.1) is 48.7 Å². The number of benzene rings is 9. The summed E-state index contributed by atoms with van der Waals surface area (Å²) in [6.45, 7) is 28.7. The molecule has 98 heavy (non-hydrogen) atoms. The van der Waals surface area contributed by atoms with Crippen molar-refractivity contribution in [2.75, 3.05) is 52.9 Å². The van der Waals surface area contributed by atoms with Crippen LogP contribution in [0.1, 0.15) is 161 Å². The Hall–Kier alpha value is -9.46. The van der Waals surface area contributed by atoms with Crippen molar-refractivity contribution in [2.24, 2.45) is 0 Å². The lowest BCUT2D eigenvalue weighted by molar-refractivity contribution is -0.151. The number of epoxide rings is 2. The van der Waals surface area contributed by atoms with Crippen LogP contribution in [0, 0.1) is 0 Å². The van der Waals surface area contributed by atoms with Gasteiger partial charge in [0.1, 0.15) is 71.4 Å². The molecule has 4 unspecified atom stereocenters. The van der Waals surface area contributed by atoms with Gasteiger partial charge in [-0.2, -0.15) is 0 Å². The number of carbonyl (C=O) groups excluding carboxylic acids is 6. The van der Waals surface area contributed by atoms with E-state index in [1.807, 2.05) is 97.1 Å². The molecule has 0 radical (unpaired) electrons. The standard InChI is InChI=1S/C80H82N2O16/c1-15-89-41-57(75(87)93-39-51-37-91-51)81-71(83)53-33-59(95-47-25-17-43(18-26-47)77(3,4)5)65-67-61(97-49-29-21-45(22-30-49)79(9,10)11)35-55-64-56(74(86)82(73(55)85)58(42-90-16-2)76(88)94-40-52-38-92-52)36-62(98-50-31-23-46(24-32-50)80(12,13)14)68(70(64)67)66-60(34-54(72(81)84)63(53)69(65)66)96-48-27-19-44(20-28-48)78(6,7)8/h17-36,51-52,57-58H,15-16,37-42H2,1-14H3. The normalized spacial score (nSPS) is 16.9. The molecule has 0 bridgehead atoms. The van der Waals surface area contributed by atoms with Crippen molar-refractivity contribution in [3.05, 3.63) is 166 Å². The van der Waals surface area contributed by atoms with E-state index in [-0.39, 0.29) is 149 Å². The predicted molar refractivity (Wildman–Crippen MR) is 371 cm³/mol. The van der Waals surface area contributed by atoms with Gasteiger partial charge in [0.25, 0.3) is 23.6 Å². The molecule has 4 aliphatic heterocycles. The summed E-state index contributed by atoms with van der Waals surface area (Å²) in [5, 5.41) is 1.96. The molecular formula is C80H82N2O16. The first kappa shape index (κ1) is 67.1. The van der Waals surface area contributed by atoms with Crippen LogP contribution in [0.25, 0.3) is 43.1 Å². The zero-order chi connectivity index (χ0) is 69.7. The van der Waals surface area contributed by atoms with Gasteiger partial charge in [-0.1, -0.05) is 132 Å². The molecule has 508 valence electrons. The van der Waals surface area contributed by atoms with Crippen molar-refractivity contribution >= 4 is 78.7 Å². The molecule has 18 nitrogen and oxygen atoms in total. The van der Waals surface area contributed by atoms with Gasteiger partial charge < -0.3 is 47.4 Å². The van der Waals surface area contributed by atoms with Crippen LogP contribution in [0.15, 0.2) is 121 Å². The summed E-state index contributed by atoms with van der Waals surface area (Å²) >= 11 is 0. The fourth-order valence-corrected chi connectivity index (χ4v) is 12.9. The van der Waals surface area contributed by atoms with E-state index in [1.54, 1.807) is 38.1 Å². The Labute approximate surface area is 569 Å². The van der Waals surface area contributed by atoms with E-state index >= 15 is 19.2 Å². The molecule has 0 N–H and O–H groups in total. The van der Waals surface area contributed by atoms with E-state index in [2.05, 4.69) is 83.1 Å². The first-order valence-corrected chi connectivity index (χ1v) is 33.5. The molecule has 0 aliphatic carbocycles. The van der Waals surface area contributed by atoms with Gasteiger partial charge in [0.2, 0.25) is 0 Å². The van der Waals surface area contributed by atoms with E-state index in [1.165, 1.54) is 0 Å². The van der Waals surface area contributed by atoms with Crippen molar-refractivity contribution in [1.82, 2.24) is 9.80 Å². The number of amides is 4. The van der Waals surface area contributed by atoms with Crippen molar-refractivity contribution in [3.8, 4) is 46.0 Å². The van der Waals surface area contributed by atoms with E-state index < -0.39 is 60.9 Å².